The van der Waals surface area contributed by atoms with Gasteiger partial charge in [0.15, 0.2) is 0 Å². The summed E-state index contributed by atoms with van der Waals surface area (Å²) in [5.41, 5.74) is 6.94. The molecule has 3 N–H and O–H groups in total. The van der Waals surface area contributed by atoms with E-state index in [0.717, 1.165) is 26.1 Å². The van der Waals surface area contributed by atoms with E-state index >= 15 is 0 Å². The number of benzene rings is 1. The molecule has 1 fully saturated rings. The van der Waals surface area contributed by atoms with Crippen LogP contribution in [0.2, 0.25) is 0 Å². The zero-order chi connectivity index (χ0) is 12.6. The third kappa shape index (κ3) is 4.41. The summed E-state index contributed by atoms with van der Waals surface area (Å²) >= 11 is 0. The fourth-order valence-corrected chi connectivity index (χ4v) is 2.62. The predicted octanol–water partition coefficient (Wildman–Crippen LogP) is 1.59. The number of nitrogens with two attached hydrogens (primary N) is 1. The second kappa shape index (κ2) is 7.52. The first-order valence-electron chi connectivity index (χ1n) is 7.08. The second-order valence-corrected chi connectivity index (χ2v) is 5.16. The summed E-state index contributed by atoms with van der Waals surface area (Å²) in [5.74, 6) is 0. The smallest absolute Gasteiger partial charge is 0.0234 e. The van der Waals surface area contributed by atoms with Crippen LogP contribution in [0.25, 0.3) is 0 Å². The zero-order valence-corrected chi connectivity index (χ0v) is 11.1. The van der Waals surface area contributed by atoms with Crippen LogP contribution in [-0.4, -0.2) is 37.1 Å². The molecule has 3 heteroatoms. The highest BCUT2D eigenvalue weighted by atomic mass is 15.2. The molecular weight excluding hydrogens is 222 g/mol. The van der Waals surface area contributed by atoms with Crippen LogP contribution in [-0.2, 0) is 6.54 Å². The molecule has 1 heterocycles. The number of hydrogen-bond donors (Lipinski definition) is 2. The maximum atomic E-state index is 5.52. The lowest BCUT2D eigenvalue weighted by Gasteiger charge is -2.33. The molecule has 18 heavy (non-hydrogen) atoms. The van der Waals surface area contributed by atoms with Crippen molar-refractivity contribution in [1.82, 2.24) is 10.2 Å². The number of nitrogens with zero attached hydrogens (tertiary/aromatic N) is 1. The number of likely N-dealkylation sites (tertiary alicyclic amines) is 1. The van der Waals surface area contributed by atoms with Crippen LogP contribution >= 0.6 is 0 Å². The van der Waals surface area contributed by atoms with Crippen molar-refractivity contribution in [3.05, 3.63) is 35.9 Å². The van der Waals surface area contributed by atoms with Gasteiger partial charge in [0.05, 0.1) is 0 Å². The van der Waals surface area contributed by atoms with Crippen LogP contribution in [0.3, 0.4) is 0 Å². The highest BCUT2D eigenvalue weighted by molar-refractivity contribution is 5.14. The minimum Gasteiger partial charge on any atom is -0.330 e. The third-order valence-electron chi connectivity index (χ3n) is 3.57. The van der Waals surface area contributed by atoms with E-state index in [9.17, 15) is 0 Å². The molecule has 0 aromatic heterocycles. The molecule has 1 atom stereocenters. The van der Waals surface area contributed by atoms with Gasteiger partial charge in [0, 0.05) is 19.1 Å². The Hall–Kier alpha value is -0.900. The molecule has 0 aliphatic carbocycles. The van der Waals surface area contributed by atoms with Crippen molar-refractivity contribution in [1.29, 1.82) is 0 Å². The van der Waals surface area contributed by atoms with Gasteiger partial charge in [-0.15, -0.1) is 0 Å². The minimum atomic E-state index is 0.647. The molecule has 0 amide bonds. The Morgan fingerprint density at radius 2 is 2.11 bits per heavy atom. The normalized spacial score (nSPS) is 21.1. The molecule has 1 unspecified atom stereocenters. The molecule has 100 valence electrons. The minimum absolute atomic E-state index is 0.647. The van der Waals surface area contributed by atoms with Gasteiger partial charge in [-0.25, -0.2) is 0 Å². The quantitative estimate of drug-likeness (QED) is 0.750. The van der Waals surface area contributed by atoms with E-state index in [1.54, 1.807) is 0 Å². The van der Waals surface area contributed by atoms with Gasteiger partial charge in [-0.1, -0.05) is 30.3 Å². The Morgan fingerprint density at radius 1 is 1.28 bits per heavy atom. The van der Waals surface area contributed by atoms with Crippen LogP contribution in [0.15, 0.2) is 30.3 Å². The summed E-state index contributed by atoms with van der Waals surface area (Å²) in [6.45, 7) is 5.31. The summed E-state index contributed by atoms with van der Waals surface area (Å²) in [6, 6.07) is 11.4. The number of rotatable bonds is 6. The van der Waals surface area contributed by atoms with Crippen LogP contribution in [0, 0.1) is 0 Å². The molecular formula is C15H25N3. The molecule has 1 aromatic rings. The van der Waals surface area contributed by atoms with E-state index < -0.39 is 0 Å². The van der Waals surface area contributed by atoms with E-state index in [1.165, 1.54) is 31.5 Å². The van der Waals surface area contributed by atoms with Crippen LogP contribution < -0.4 is 11.1 Å². The van der Waals surface area contributed by atoms with Gasteiger partial charge in [0.25, 0.3) is 0 Å². The molecule has 0 radical (unpaired) electrons. The predicted molar refractivity (Wildman–Crippen MR) is 76.4 cm³/mol. The maximum absolute atomic E-state index is 5.52. The average molecular weight is 247 g/mol. The Morgan fingerprint density at radius 3 is 2.89 bits per heavy atom. The highest BCUT2D eigenvalue weighted by Crippen LogP contribution is 2.13. The van der Waals surface area contributed by atoms with E-state index in [-0.39, 0.29) is 0 Å². The summed E-state index contributed by atoms with van der Waals surface area (Å²) in [7, 11) is 0. The van der Waals surface area contributed by atoms with Crippen LogP contribution in [0.4, 0.5) is 0 Å². The topological polar surface area (TPSA) is 41.3 Å². The van der Waals surface area contributed by atoms with Gasteiger partial charge < -0.3 is 11.1 Å². The zero-order valence-electron chi connectivity index (χ0n) is 11.1. The summed E-state index contributed by atoms with van der Waals surface area (Å²) in [6.07, 6.45) is 3.68. The largest absolute Gasteiger partial charge is 0.330 e. The average Bonchev–Trinajstić information content (AvgIpc) is 2.41. The van der Waals surface area contributed by atoms with Gasteiger partial charge in [-0.2, -0.15) is 0 Å². The van der Waals surface area contributed by atoms with Gasteiger partial charge in [0.1, 0.15) is 0 Å². The number of nitrogens with one attached hydrogen (secondary N) is 1. The van der Waals surface area contributed by atoms with Crippen molar-refractivity contribution in [2.75, 3.05) is 26.2 Å². The second-order valence-electron chi connectivity index (χ2n) is 5.16. The van der Waals surface area contributed by atoms with E-state index in [4.69, 9.17) is 5.73 Å². The van der Waals surface area contributed by atoms with Gasteiger partial charge >= 0.3 is 0 Å². The van der Waals surface area contributed by atoms with Gasteiger partial charge in [0.2, 0.25) is 0 Å². The summed E-state index contributed by atoms with van der Waals surface area (Å²) in [5, 5.41) is 3.62. The first kappa shape index (κ1) is 13.5. The molecule has 3 nitrogen and oxygen atoms in total. The summed E-state index contributed by atoms with van der Waals surface area (Å²) < 4.78 is 0. The molecule has 1 aliphatic heterocycles. The van der Waals surface area contributed by atoms with E-state index in [1.807, 2.05) is 0 Å². The van der Waals surface area contributed by atoms with Crippen molar-refractivity contribution in [3.8, 4) is 0 Å². The molecule has 2 rings (SSSR count). The Balaban J connectivity index is 1.76. The van der Waals surface area contributed by atoms with Crippen molar-refractivity contribution in [2.24, 2.45) is 5.73 Å². The molecule has 1 aliphatic rings. The monoisotopic (exact) mass is 247 g/mol. The van der Waals surface area contributed by atoms with Crippen molar-refractivity contribution >= 4 is 0 Å². The maximum Gasteiger partial charge on any atom is 0.0234 e. The van der Waals surface area contributed by atoms with Gasteiger partial charge in [-0.3, -0.25) is 4.90 Å². The molecule has 0 bridgehead atoms. The highest BCUT2D eigenvalue weighted by Gasteiger charge is 2.18. The number of piperidine rings is 1. The van der Waals surface area contributed by atoms with Crippen LogP contribution in [0.1, 0.15) is 24.8 Å². The first-order valence-corrected chi connectivity index (χ1v) is 7.08. The molecule has 1 aromatic carbocycles. The Labute approximate surface area is 110 Å². The standard InChI is InChI=1S/C15H25N3/c16-9-5-10-17-15-8-4-11-18(13-15)12-14-6-2-1-3-7-14/h1-3,6-7,15,17H,4-5,8-13,16H2. The molecule has 0 spiro atoms. The van der Waals surface area contributed by atoms with Crippen molar-refractivity contribution in [2.45, 2.75) is 31.8 Å². The number of hydrogen-bond acceptors (Lipinski definition) is 3. The van der Waals surface area contributed by atoms with Crippen molar-refractivity contribution < 1.29 is 0 Å². The third-order valence-corrected chi connectivity index (χ3v) is 3.57. The van der Waals surface area contributed by atoms with Gasteiger partial charge in [-0.05, 0) is 44.5 Å². The lowest BCUT2D eigenvalue weighted by molar-refractivity contribution is 0.183. The fourth-order valence-electron chi connectivity index (χ4n) is 2.62. The summed E-state index contributed by atoms with van der Waals surface area (Å²) in [4.78, 5) is 2.55. The SMILES string of the molecule is NCCCNC1CCCN(Cc2ccccc2)C1. The lowest BCUT2D eigenvalue weighted by atomic mass is 10.0. The Kier molecular flexibility index (Phi) is 5.65. The van der Waals surface area contributed by atoms with E-state index in [2.05, 4.69) is 40.5 Å². The first-order chi connectivity index (χ1) is 8.88. The molecule has 1 saturated heterocycles. The van der Waals surface area contributed by atoms with Crippen molar-refractivity contribution in [3.63, 3.8) is 0 Å². The lowest BCUT2D eigenvalue weighted by Crippen LogP contribution is -2.45. The fraction of sp³-hybridized carbons (Fsp3) is 0.600. The molecule has 0 saturated carbocycles. The van der Waals surface area contributed by atoms with Crippen LogP contribution in [0.5, 0.6) is 0 Å². The van der Waals surface area contributed by atoms with E-state index in [0.29, 0.717) is 6.04 Å². The Bertz CT molecular complexity index is 326.